The number of fused-ring (bicyclic) bond motifs is 1. The minimum Gasteiger partial charge on any atom is -0.505 e. The molecule has 0 saturated heterocycles. The van der Waals surface area contributed by atoms with Crippen LogP contribution in [0.4, 0.5) is 17.2 Å². The molecule has 5 rings (SSSR count). The van der Waals surface area contributed by atoms with Crippen LogP contribution in [0.3, 0.4) is 0 Å². The number of carbonyl (C=O) groups is 1. The molecule has 0 bridgehead atoms. The molecule has 3 aromatic carbocycles. The van der Waals surface area contributed by atoms with Crippen LogP contribution in [0.15, 0.2) is 88.3 Å². The van der Waals surface area contributed by atoms with Crippen LogP contribution in [0.25, 0.3) is 10.8 Å². The average molecular weight is 507 g/mol. The third kappa shape index (κ3) is 4.54. The number of azo groups is 1. The molecule has 4 aromatic rings. The lowest BCUT2D eigenvalue weighted by molar-refractivity contribution is 0.102. The molecule has 11 nitrogen and oxygen atoms in total. The maximum absolute atomic E-state index is 13.2. The van der Waals surface area contributed by atoms with Crippen LogP contribution in [0.1, 0.15) is 15.9 Å². The summed E-state index contributed by atoms with van der Waals surface area (Å²) in [5, 5.41) is 37.7. The number of hydrogen-bond donors (Lipinski definition) is 2. The summed E-state index contributed by atoms with van der Waals surface area (Å²) in [6.45, 7) is 0.605. The van der Waals surface area contributed by atoms with Gasteiger partial charge in [-0.25, -0.2) is 4.99 Å². The molecular formula is C27H22N8O3. The first-order valence-corrected chi connectivity index (χ1v) is 11.5. The van der Waals surface area contributed by atoms with Gasteiger partial charge >= 0.3 is 0 Å². The summed E-state index contributed by atoms with van der Waals surface area (Å²) in [6, 6.07) is 17.7. The van der Waals surface area contributed by atoms with E-state index in [4.69, 9.17) is 4.74 Å². The lowest BCUT2D eigenvalue weighted by Crippen LogP contribution is -2.34. The number of methoxy groups -OCH3 is 1. The molecule has 1 aliphatic rings. The molecule has 0 aliphatic carbocycles. The third-order valence-corrected chi connectivity index (χ3v) is 5.90. The quantitative estimate of drug-likeness (QED) is 0.367. The Hall–Kier alpha value is -5.50. The minimum atomic E-state index is -0.525. The number of aromatic hydroxyl groups is 1. The molecule has 1 aromatic heterocycles. The van der Waals surface area contributed by atoms with Gasteiger partial charge in [0.1, 0.15) is 23.1 Å². The van der Waals surface area contributed by atoms with Crippen molar-refractivity contribution in [3.63, 3.8) is 0 Å². The van der Waals surface area contributed by atoms with E-state index >= 15 is 0 Å². The summed E-state index contributed by atoms with van der Waals surface area (Å²) >= 11 is 0. The number of carbonyl (C=O) groups excluding carboxylic acids is 1. The van der Waals surface area contributed by atoms with E-state index in [0.717, 1.165) is 0 Å². The van der Waals surface area contributed by atoms with E-state index in [9.17, 15) is 15.2 Å². The zero-order chi connectivity index (χ0) is 26.6. The molecule has 11 heteroatoms. The lowest BCUT2D eigenvalue weighted by atomic mass is 10.0. The molecule has 0 atom stereocenters. The van der Waals surface area contributed by atoms with Gasteiger partial charge in [0.15, 0.2) is 11.6 Å². The number of rotatable bonds is 5. The molecule has 38 heavy (non-hydrogen) atoms. The van der Waals surface area contributed by atoms with Crippen molar-refractivity contribution in [1.29, 1.82) is 5.26 Å². The Kier molecular flexibility index (Phi) is 6.52. The number of aromatic nitrogens is 2. The van der Waals surface area contributed by atoms with Crippen molar-refractivity contribution < 1.29 is 14.6 Å². The van der Waals surface area contributed by atoms with Gasteiger partial charge < -0.3 is 20.1 Å². The average Bonchev–Trinajstić information content (AvgIpc) is 3.35. The van der Waals surface area contributed by atoms with Crippen molar-refractivity contribution in [1.82, 2.24) is 14.7 Å². The number of anilines is 1. The van der Waals surface area contributed by atoms with Crippen LogP contribution in [-0.2, 0) is 0 Å². The predicted octanol–water partition coefficient (Wildman–Crippen LogP) is 4.95. The van der Waals surface area contributed by atoms with E-state index < -0.39 is 5.91 Å². The van der Waals surface area contributed by atoms with Gasteiger partial charge in [-0.1, -0.05) is 24.3 Å². The van der Waals surface area contributed by atoms with Crippen molar-refractivity contribution in [2.45, 2.75) is 0 Å². The van der Waals surface area contributed by atoms with E-state index in [2.05, 4.69) is 31.7 Å². The van der Waals surface area contributed by atoms with Crippen molar-refractivity contribution >= 4 is 39.8 Å². The monoisotopic (exact) mass is 506 g/mol. The highest BCUT2D eigenvalue weighted by Crippen LogP contribution is 2.40. The topological polar surface area (TPSA) is 140 Å². The Morgan fingerprint density at radius 3 is 2.71 bits per heavy atom. The molecule has 1 aliphatic heterocycles. The molecular weight excluding hydrogens is 484 g/mol. The highest BCUT2D eigenvalue weighted by Gasteiger charge is 2.21. The number of nitriles is 1. The van der Waals surface area contributed by atoms with E-state index in [1.807, 2.05) is 24.1 Å². The van der Waals surface area contributed by atoms with Gasteiger partial charge in [0.2, 0.25) is 5.96 Å². The van der Waals surface area contributed by atoms with E-state index in [0.29, 0.717) is 34.7 Å². The number of phenols is 1. The molecule has 0 unspecified atom stereocenters. The molecule has 0 radical (unpaired) electrons. The van der Waals surface area contributed by atoms with Gasteiger partial charge in [-0.05, 0) is 41.8 Å². The summed E-state index contributed by atoms with van der Waals surface area (Å²) in [5.41, 5.74) is 0.805. The Labute approximate surface area is 217 Å². The van der Waals surface area contributed by atoms with Crippen molar-refractivity contribution in [2.75, 3.05) is 26.0 Å². The first-order valence-electron chi connectivity index (χ1n) is 11.5. The lowest BCUT2D eigenvalue weighted by Gasteiger charge is -2.21. The fraction of sp³-hybridized carbons (Fsp3) is 0.111. The number of amides is 1. The largest absolute Gasteiger partial charge is 0.505 e. The summed E-state index contributed by atoms with van der Waals surface area (Å²) in [4.78, 5) is 19.3. The Balaban J connectivity index is 1.57. The van der Waals surface area contributed by atoms with E-state index in [1.54, 1.807) is 61.8 Å². The molecule has 2 heterocycles. The molecule has 188 valence electrons. The Bertz CT molecular complexity index is 1660. The summed E-state index contributed by atoms with van der Waals surface area (Å²) in [6.07, 6.45) is 4.90. The molecule has 0 fully saturated rings. The Morgan fingerprint density at radius 2 is 1.97 bits per heavy atom. The van der Waals surface area contributed by atoms with Crippen molar-refractivity contribution in [3.05, 3.63) is 84.2 Å². The Morgan fingerprint density at radius 1 is 1.18 bits per heavy atom. The van der Waals surface area contributed by atoms with Crippen LogP contribution in [0.2, 0.25) is 0 Å². The summed E-state index contributed by atoms with van der Waals surface area (Å²) < 4.78 is 6.56. The first-order chi connectivity index (χ1) is 18.5. The molecule has 0 spiro atoms. The first kappa shape index (κ1) is 24.2. The SMILES string of the molecule is COc1ccc(NC(=O)c2cc3ccccc3c(N=Nc3c(C#N)cnn3C3=NC=CCN3C)c2O)cc1. The second-order valence-electron chi connectivity index (χ2n) is 8.32. The third-order valence-electron chi connectivity index (χ3n) is 5.90. The van der Waals surface area contributed by atoms with Crippen LogP contribution >= 0.6 is 0 Å². The van der Waals surface area contributed by atoms with E-state index in [-0.39, 0.29) is 28.4 Å². The number of likely N-dealkylation sites (N-methyl/N-ethyl adjacent to an activating group) is 1. The molecule has 0 saturated carbocycles. The van der Waals surface area contributed by atoms with Crippen molar-refractivity contribution in [2.24, 2.45) is 15.2 Å². The maximum Gasteiger partial charge on any atom is 0.259 e. The number of phenolic OH excluding ortho intramolecular Hbond substituents is 1. The van der Waals surface area contributed by atoms with Crippen LogP contribution in [0.5, 0.6) is 11.5 Å². The van der Waals surface area contributed by atoms with Crippen LogP contribution < -0.4 is 10.1 Å². The summed E-state index contributed by atoms with van der Waals surface area (Å²) in [5.74, 6) is 0.381. The number of nitrogens with one attached hydrogen (secondary N) is 1. The van der Waals surface area contributed by atoms with Gasteiger partial charge in [0, 0.05) is 30.9 Å². The van der Waals surface area contributed by atoms with Gasteiger partial charge in [-0.15, -0.1) is 10.2 Å². The highest BCUT2D eigenvalue weighted by atomic mass is 16.5. The number of benzene rings is 3. The summed E-state index contributed by atoms with van der Waals surface area (Å²) in [7, 11) is 3.39. The van der Waals surface area contributed by atoms with Crippen LogP contribution in [-0.4, -0.2) is 52.4 Å². The number of ether oxygens (including phenoxy) is 1. The standard InChI is InChI=1S/C27H22N8O3/c1-34-13-5-12-29-27(34)35-25(18(15-28)16-30-35)33-32-23-21-7-4-3-6-17(21)14-22(24(23)36)26(37)31-19-8-10-20(38-2)11-9-19/h3-12,14,16,36H,13H2,1-2H3,(H,31,37). The zero-order valence-corrected chi connectivity index (χ0v) is 20.5. The predicted molar refractivity (Wildman–Crippen MR) is 142 cm³/mol. The van der Waals surface area contributed by atoms with Gasteiger partial charge in [0.05, 0.1) is 18.9 Å². The molecule has 1 amide bonds. The van der Waals surface area contributed by atoms with Crippen LogP contribution in [0, 0.1) is 11.3 Å². The zero-order valence-electron chi connectivity index (χ0n) is 20.5. The number of hydrogen-bond acceptors (Lipinski definition) is 9. The maximum atomic E-state index is 13.2. The smallest absolute Gasteiger partial charge is 0.259 e. The minimum absolute atomic E-state index is 0.0176. The number of nitrogens with zero attached hydrogens (tertiary/aromatic N) is 7. The highest BCUT2D eigenvalue weighted by molar-refractivity contribution is 6.11. The van der Waals surface area contributed by atoms with E-state index in [1.165, 1.54) is 10.9 Å². The van der Waals surface area contributed by atoms with Crippen molar-refractivity contribution in [3.8, 4) is 17.6 Å². The fourth-order valence-corrected chi connectivity index (χ4v) is 3.95. The van der Waals surface area contributed by atoms with Gasteiger partial charge in [-0.2, -0.15) is 15.0 Å². The second kappa shape index (κ2) is 10.2. The van der Waals surface area contributed by atoms with Gasteiger partial charge in [-0.3, -0.25) is 4.79 Å². The molecule has 2 N–H and O–H groups in total. The van der Waals surface area contributed by atoms with Gasteiger partial charge in [0.25, 0.3) is 5.91 Å². The second-order valence-corrected chi connectivity index (χ2v) is 8.32. The normalized spacial score (nSPS) is 13.0. The fourth-order valence-electron chi connectivity index (χ4n) is 3.95. The number of aliphatic imine (C=N–C) groups is 1.